The molecule has 0 aliphatic rings. The van der Waals surface area contributed by atoms with E-state index < -0.39 is 0 Å². The number of hydrogen-bond acceptors (Lipinski definition) is 5. The predicted molar refractivity (Wildman–Crippen MR) is 74.4 cm³/mol. The summed E-state index contributed by atoms with van der Waals surface area (Å²) < 4.78 is 1.91. The topological polar surface area (TPSA) is 95.6 Å². The zero-order valence-corrected chi connectivity index (χ0v) is 10.5. The number of fused-ring (bicyclic) bond motifs is 1. The number of aromatic nitrogens is 4. The third kappa shape index (κ3) is 2.08. The van der Waals surface area contributed by atoms with Crippen LogP contribution in [0.1, 0.15) is 11.3 Å². The van der Waals surface area contributed by atoms with Crippen molar-refractivity contribution in [3.05, 3.63) is 42.0 Å². The molecule has 0 unspecified atom stereocenters. The van der Waals surface area contributed by atoms with Gasteiger partial charge in [0, 0.05) is 25.1 Å². The first-order chi connectivity index (χ1) is 9.13. The first-order valence-electron chi connectivity index (χ1n) is 5.91. The summed E-state index contributed by atoms with van der Waals surface area (Å²) in [6.07, 6.45) is 4.45. The summed E-state index contributed by atoms with van der Waals surface area (Å²) in [6.45, 7) is 0. The van der Waals surface area contributed by atoms with E-state index >= 15 is 0 Å². The molecule has 2 heterocycles. The Bertz CT molecular complexity index is 746. The van der Waals surface area contributed by atoms with E-state index in [-0.39, 0.29) is 5.95 Å². The van der Waals surface area contributed by atoms with E-state index in [4.69, 9.17) is 11.5 Å². The molecule has 96 valence electrons. The molecule has 0 aliphatic carbocycles. The number of nitrogen functional groups attached to an aromatic ring is 2. The van der Waals surface area contributed by atoms with Crippen LogP contribution in [0, 0.1) is 0 Å². The minimum Gasteiger partial charge on any atom is -0.383 e. The van der Waals surface area contributed by atoms with Crippen molar-refractivity contribution in [1.29, 1.82) is 0 Å². The molecular weight excluding hydrogens is 240 g/mol. The normalized spacial score (nSPS) is 11.0. The van der Waals surface area contributed by atoms with Crippen LogP contribution in [-0.4, -0.2) is 19.5 Å². The van der Waals surface area contributed by atoms with Crippen molar-refractivity contribution >= 4 is 22.7 Å². The Labute approximate surface area is 110 Å². The Balaban J connectivity index is 2.13. The molecule has 3 rings (SSSR count). The van der Waals surface area contributed by atoms with Crippen LogP contribution < -0.4 is 11.5 Å². The first kappa shape index (κ1) is 11.5. The maximum Gasteiger partial charge on any atom is 0.222 e. The van der Waals surface area contributed by atoms with Gasteiger partial charge in [-0.15, -0.1) is 0 Å². The maximum atomic E-state index is 5.96. The molecule has 0 atom stereocenters. The van der Waals surface area contributed by atoms with Gasteiger partial charge in [-0.1, -0.05) is 12.1 Å². The molecule has 0 saturated carbocycles. The summed E-state index contributed by atoms with van der Waals surface area (Å²) in [6, 6.07) is 5.82. The number of aryl methyl sites for hydroxylation is 1. The lowest BCUT2D eigenvalue weighted by Crippen LogP contribution is -2.02. The number of rotatable bonds is 2. The van der Waals surface area contributed by atoms with E-state index in [0.717, 1.165) is 22.2 Å². The van der Waals surface area contributed by atoms with Crippen LogP contribution in [0.4, 0.5) is 11.8 Å². The van der Waals surface area contributed by atoms with Crippen molar-refractivity contribution in [2.75, 3.05) is 11.5 Å². The van der Waals surface area contributed by atoms with E-state index in [1.165, 1.54) is 0 Å². The second-order valence-electron chi connectivity index (χ2n) is 4.49. The van der Waals surface area contributed by atoms with Crippen molar-refractivity contribution < 1.29 is 0 Å². The zero-order chi connectivity index (χ0) is 13.4. The Morgan fingerprint density at radius 2 is 2.05 bits per heavy atom. The lowest BCUT2D eigenvalue weighted by Gasteiger charge is -2.07. The first-order valence-corrected chi connectivity index (χ1v) is 5.91. The molecule has 19 heavy (non-hydrogen) atoms. The van der Waals surface area contributed by atoms with Crippen molar-refractivity contribution in [2.45, 2.75) is 6.42 Å². The summed E-state index contributed by atoms with van der Waals surface area (Å²) >= 11 is 0. The Morgan fingerprint density at radius 3 is 2.79 bits per heavy atom. The molecule has 0 aliphatic heterocycles. The minimum absolute atomic E-state index is 0.194. The van der Waals surface area contributed by atoms with Gasteiger partial charge in [0.15, 0.2) is 0 Å². The molecule has 0 spiro atoms. The van der Waals surface area contributed by atoms with Gasteiger partial charge >= 0.3 is 0 Å². The number of nitrogens with zero attached hydrogens (tertiary/aromatic N) is 4. The van der Waals surface area contributed by atoms with Crippen LogP contribution in [0.15, 0.2) is 30.7 Å². The SMILES string of the molecule is Cn1cnc(Cc2cccc3nc(N)nc(N)c23)c1. The fourth-order valence-corrected chi connectivity index (χ4v) is 2.20. The molecule has 2 aromatic heterocycles. The van der Waals surface area contributed by atoms with Gasteiger partial charge in [0.2, 0.25) is 5.95 Å². The average molecular weight is 254 g/mol. The third-order valence-electron chi connectivity index (χ3n) is 2.98. The number of nitrogens with two attached hydrogens (primary N) is 2. The quantitative estimate of drug-likeness (QED) is 0.714. The van der Waals surface area contributed by atoms with Crippen LogP contribution in [0.3, 0.4) is 0 Å². The molecule has 0 bridgehead atoms. The van der Waals surface area contributed by atoms with Crippen LogP contribution in [0.25, 0.3) is 10.9 Å². The molecule has 1 aromatic carbocycles. The molecule has 4 N–H and O–H groups in total. The van der Waals surface area contributed by atoms with E-state index in [1.54, 1.807) is 6.33 Å². The molecule has 0 amide bonds. The molecule has 6 heteroatoms. The number of anilines is 2. The van der Waals surface area contributed by atoms with E-state index in [1.807, 2.05) is 36.0 Å². The fourth-order valence-electron chi connectivity index (χ4n) is 2.20. The average Bonchev–Trinajstić information content (AvgIpc) is 2.74. The molecule has 0 fully saturated rings. The number of imidazole rings is 1. The molecular formula is C13H14N6. The van der Waals surface area contributed by atoms with Gasteiger partial charge in [0.1, 0.15) is 5.82 Å². The summed E-state index contributed by atoms with van der Waals surface area (Å²) in [5, 5.41) is 0.849. The largest absolute Gasteiger partial charge is 0.383 e. The second kappa shape index (κ2) is 4.24. The molecule has 3 aromatic rings. The fraction of sp³-hybridized carbons (Fsp3) is 0.154. The van der Waals surface area contributed by atoms with Gasteiger partial charge in [0.25, 0.3) is 0 Å². The zero-order valence-electron chi connectivity index (χ0n) is 10.5. The smallest absolute Gasteiger partial charge is 0.222 e. The Morgan fingerprint density at radius 1 is 1.21 bits per heavy atom. The molecule has 0 radical (unpaired) electrons. The summed E-state index contributed by atoms with van der Waals surface area (Å²) in [5.74, 6) is 0.606. The van der Waals surface area contributed by atoms with Crippen LogP contribution >= 0.6 is 0 Å². The van der Waals surface area contributed by atoms with Crippen LogP contribution in [0.5, 0.6) is 0 Å². The van der Waals surface area contributed by atoms with Gasteiger partial charge in [-0.3, -0.25) is 0 Å². The summed E-state index contributed by atoms with van der Waals surface area (Å²) in [4.78, 5) is 12.6. The number of benzene rings is 1. The highest BCUT2D eigenvalue weighted by Crippen LogP contribution is 2.24. The van der Waals surface area contributed by atoms with Gasteiger partial charge in [-0.2, -0.15) is 4.98 Å². The van der Waals surface area contributed by atoms with Crippen molar-refractivity contribution in [2.24, 2.45) is 7.05 Å². The monoisotopic (exact) mass is 254 g/mol. The van der Waals surface area contributed by atoms with Crippen molar-refractivity contribution in [3.63, 3.8) is 0 Å². The second-order valence-corrected chi connectivity index (χ2v) is 4.49. The minimum atomic E-state index is 0.194. The van der Waals surface area contributed by atoms with E-state index in [9.17, 15) is 0 Å². The predicted octanol–water partition coefficient (Wildman–Crippen LogP) is 1.12. The Kier molecular flexibility index (Phi) is 2.56. The van der Waals surface area contributed by atoms with Crippen LogP contribution in [-0.2, 0) is 13.5 Å². The van der Waals surface area contributed by atoms with E-state index in [0.29, 0.717) is 12.2 Å². The lowest BCUT2D eigenvalue weighted by molar-refractivity contribution is 0.912. The molecule has 0 saturated heterocycles. The number of hydrogen-bond donors (Lipinski definition) is 2. The van der Waals surface area contributed by atoms with Gasteiger partial charge in [-0.25, -0.2) is 9.97 Å². The van der Waals surface area contributed by atoms with Gasteiger partial charge in [-0.05, 0) is 11.6 Å². The van der Waals surface area contributed by atoms with Gasteiger partial charge < -0.3 is 16.0 Å². The van der Waals surface area contributed by atoms with Gasteiger partial charge in [0.05, 0.1) is 17.5 Å². The Hall–Kier alpha value is -2.63. The highest BCUT2D eigenvalue weighted by atomic mass is 15.0. The van der Waals surface area contributed by atoms with Crippen molar-refractivity contribution in [1.82, 2.24) is 19.5 Å². The maximum absolute atomic E-state index is 5.96. The summed E-state index contributed by atoms with van der Waals surface area (Å²) in [7, 11) is 1.94. The third-order valence-corrected chi connectivity index (χ3v) is 2.98. The van der Waals surface area contributed by atoms with Crippen LogP contribution in [0.2, 0.25) is 0 Å². The lowest BCUT2D eigenvalue weighted by atomic mass is 10.0. The standard InChI is InChI=1S/C13H14N6/c1-19-6-9(16-7-19)5-8-3-2-4-10-11(8)12(14)18-13(15)17-10/h2-4,6-7H,5H2,1H3,(H4,14,15,17,18). The highest BCUT2D eigenvalue weighted by Gasteiger charge is 2.09. The molecule has 6 nitrogen and oxygen atoms in total. The van der Waals surface area contributed by atoms with Crippen molar-refractivity contribution in [3.8, 4) is 0 Å². The summed E-state index contributed by atoms with van der Waals surface area (Å²) in [5.41, 5.74) is 14.4. The highest BCUT2D eigenvalue weighted by molar-refractivity contribution is 5.92. The van der Waals surface area contributed by atoms with E-state index in [2.05, 4.69) is 15.0 Å².